The Balaban J connectivity index is 1.74. The fourth-order valence-electron chi connectivity index (χ4n) is 2.61. The lowest BCUT2D eigenvalue weighted by Gasteiger charge is -2.13. The lowest BCUT2D eigenvalue weighted by Crippen LogP contribution is -2.30. The second-order valence-corrected chi connectivity index (χ2v) is 6.49. The van der Waals surface area contributed by atoms with Crippen molar-refractivity contribution >= 4 is 40.1 Å². The summed E-state index contributed by atoms with van der Waals surface area (Å²) in [4.78, 5) is 24.7. The van der Waals surface area contributed by atoms with E-state index in [1.54, 1.807) is 32.2 Å². The number of methoxy groups -OCH3 is 1. The first-order chi connectivity index (χ1) is 13.3. The smallest absolute Gasteiger partial charge is 0.375 e. The molecule has 28 heavy (non-hydrogen) atoms. The first-order valence-corrected chi connectivity index (χ1v) is 8.72. The van der Waals surface area contributed by atoms with E-state index in [9.17, 15) is 14.0 Å². The zero-order valence-electron chi connectivity index (χ0n) is 15.3. The van der Waals surface area contributed by atoms with E-state index in [4.69, 9.17) is 25.5 Å². The molecule has 0 spiro atoms. The summed E-state index contributed by atoms with van der Waals surface area (Å²) in [5.74, 6) is -1.29. The lowest BCUT2D eigenvalue weighted by atomic mass is 10.1. The van der Waals surface area contributed by atoms with E-state index in [1.807, 2.05) is 0 Å². The van der Waals surface area contributed by atoms with Crippen LogP contribution < -0.4 is 10.1 Å². The molecule has 1 heterocycles. The molecule has 0 fully saturated rings. The van der Waals surface area contributed by atoms with Crippen LogP contribution in [0.4, 0.5) is 10.1 Å². The Morgan fingerprint density at radius 3 is 2.64 bits per heavy atom. The van der Waals surface area contributed by atoms with Crippen LogP contribution in [0.15, 0.2) is 40.8 Å². The number of anilines is 1. The molecule has 3 aromatic rings. The SMILES string of the molecule is COc1ccc2oc(C(=O)O[C@H](C)C(=O)Nc3ccc(F)cc3Cl)c(C)c2c1. The van der Waals surface area contributed by atoms with Gasteiger partial charge in [0.05, 0.1) is 17.8 Å². The maximum absolute atomic E-state index is 13.1. The summed E-state index contributed by atoms with van der Waals surface area (Å²) in [5.41, 5.74) is 1.29. The molecule has 1 atom stereocenters. The van der Waals surface area contributed by atoms with Crippen molar-refractivity contribution in [2.24, 2.45) is 0 Å². The molecule has 8 heteroatoms. The fourth-order valence-corrected chi connectivity index (χ4v) is 2.83. The van der Waals surface area contributed by atoms with Crippen LogP contribution in [0.25, 0.3) is 11.0 Å². The van der Waals surface area contributed by atoms with Gasteiger partial charge in [-0.25, -0.2) is 9.18 Å². The Kier molecular flexibility index (Phi) is 5.56. The molecular weight excluding hydrogens is 389 g/mol. The molecule has 1 aromatic heterocycles. The molecule has 0 aliphatic rings. The van der Waals surface area contributed by atoms with Crippen LogP contribution in [-0.4, -0.2) is 25.1 Å². The second-order valence-electron chi connectivity index (χ2n) is 6.08. The fraction of sp³-hybridized carbons (Fsp3) is 0.200. The van der Waals surface area contributed by atoms with Crippen LogP contribution in [0.2, 0.25) is 5.02 Å². The zero-order valence-corrected chi connectivity index (χ0v) is 16.1. The molecule has 0 radical (unpaired) electrons. The predicted octanol–water partition coefficient (Wildman–Crippen LogP) is 4.73. The minimum Gasteiger partial charge on any atom is -0.497 e. The maximum Gasteiger partial charge on any atom is 0.375 e. The summed E-state index contributed by atoms with van der Waals surface area (Å²) in [6, 6.07) is 8.69. The van der Waals surface area contributed by atoms with Crippen molar-refractivity contribution in [1.29, 1.82) is 0 Å². The van der Waals surface area contributed by atoms with Gasteiger partial charge < -0.3 is 19.2 Å². The van der Waals surface area contributed by atoms with Gasteiger partial charge in [0.1, 0.15) is 17.1 Å². The summed E-state index contributed by atoms with van der Waals surface area (Å²) in [5, 5.41) is 3.23. The van der Waals surface area contributed by atoms with Crippen LogP contribution in [0, 0.1) is 12.7 Å². The number of benzene rings is 2. The molecule has 0 unspecified atom stereocenters. The van der Waals surface area contributed by atoms with Crippen molar-refractivity contribution < 1.29 is 27.9 Å². The second kappa shape index (κ2) is 7.90. The van der Waals surface area contributed by atoms with Gasteiger partial charge in [0.15, 0.2) is 6.10 Å². The Hall–Kier alpha value is -3.06. The van der Waals surface area contributed by atoms with Crippen LogP contribution >= 0.6 is 11.6 Å². The highest BCUT2D eigenvalue weighted by Gasteiger charge is 2.25. The van der Waals surface area contributed by atoms with Gasteiger partial charge in [-0.05, 0) is 50.2 Å². The number of aryl methyl sites for hydroxylation is 1. The van der Waals surface area contributed by atoms with Crippen molar-refractivity contribution in [3.8, 4) is 5.75 Å². The van der Waals surface area contributed by atoms with Gasteiger partial charge in [0.25, 0.3) is 5.91 Å². The third kappa shape index (κ3) is 3.94. The number of esters is 1. The van der Waals surface area contributed by atoms with E-state index >= 15 is 0 Å². The Bertz CT molecular complexity index is 1060. The normalized spacial score (nSPS) is 11.9. The number of fused-ring (bicyclic) bond motifs is 1. The minimum absolute atomic E-state index is 0.00252. The molecule has 6 nitrogen and oxygen atoms in total. The Morgan fingerprint density at radius 1 is 1.21 bits per heavy atom. The molecule has 0 saturated carbocycles. The standard InChI is InChI=1S/C20H17ClFNO5/c1-10-14-9-13(26-3)5-7-17(14)28-18(10)20(25)27-11(2)19(24)23-16-6-4-12(22)8-15(16)21/h4-9,11H,1-3H3,(H,23,24)/t11-/m1/s1. The van der Waals surface area contributed by atoms with Gasteiger partial charge in [0.2, 0.25) is 5.76 Å². The molecule has 0 saturated heterocycles. The van der Waals surface area contributed by atoms with Crippen LogP contribution in [-0.2, 0) is 9.53 Å². The number of furan rings is 1. The number of ether oxygens (including phenoxy) is 2. The molecule has 1 N–H and O–H groups in total. The molecular formula is C20H17ClFNO5. The molecule has 146 valence electrons. The van der Waals surface area contributed by atoms with E-state index in [-0.39, 0.29) is 16.5 Å². The summed E-state index contributed by atoms with van der Waals surface area (Å²) in [6.45, 7) is 3.12. The van der Waals surface area contributed by atoms with Crippen LogP contribution in [0.3, 0.4) is 0 Å². The monoisotopic (exact) mass is 405 g/mol. The third-order valence-electron chi connectivity index (χ3n) is 4.17. The summed E-state index contributed by atoms with van der Waals surface area (Å²) < 4.78 is 29.0. The van der Waals surface area contributed by atoms with Gasteiger partial charge in [-0.15, -0.1) is 0 Å². The third-order valence-corrected chi connectivity index (χ3v) is 4.48. The van der Waals surface area contributed by atoms with E-state index in [0.717, 1.165) is 12.1 Å². The van der Waals surface area contributed by atoms with Crippen molar-refractivity contribution in [1.82, 2.24) is 0 Å². The largest absolute Gasteiger partial charge is 0.497 e. The van der Waals surface area contributed by atoms with Gasteiger partial charge in [-0.3, -0.25) is 4.79 Å². The molecule has 2 aromatic carbocycles. The minimum atomic E-state index is -1.13. The van der Waals surface area contributed by atoms with E-state index < -0.39 is 23.8 Å². The number of carbonyl (C=O) groups is 2. The molecule has 3 rings (SSSR count). The first-order valence-electron chi connectivity index (χ1n) is 8.34. The number of rotatable bonds is 5. The number of nitrogens with one attached hydrogen (secondary N) is 1. The average molecular weight is 406 g/mol. The number of hydrogen-bond acceptors (Lipinski definition) is 5. The van der Waals surface area contributed by atoms with Crippen molar-refractivity contribution in [2.75, 3.05) is 12.4 Å². The van der Waals surface area contributed by atoms with Gasteiger partial charge >= 0.3 is 5.97 Å². The van der Waals surface area contributed by atoms with Crippen molar-refractivity contribution in [3.05, 3.63) is 58.6 Å². The average Bonchev–Trinajstić information content (AvgIpc) is 3.00. The molecule has 1 amide bonds. The number of amides is 1. The predicted molar refractivity (Wildman–Crippen MR) is 102 cm³/mol. The van der Waals surface area contributed by atoms with Gasteiger partial charge in [0, 0.05) is 10.9 Å². The number of carbonyl (C=O) groups excluding carboxylic acids is 2. The number of halogens is 2. The number of hydrogen-bond donors (Lipinski definition) is 1. The van der Waals surface area contributed by atoms with Crippen LogP contribution in [0.5, 0.6) is 5.75 Å². The van der Waals surface area contributed by atoms with E-state index in [2.05, 4.69) is 5.32 Å². The van der Waals surface area contributed by atoms with E-state index in [0.29, 0.717) is 22.3 Å². The topological polar surface area (TPSA) is 77.8 Å². The molecule has 0 bridgehead atoms. The summed E-state index contributed by atoms with van der Waals surface area (Å²) >= 11 is 5.88. The Labute approximate surface area is 165 Å². The molecule has 0 aliphatic carbocycles. The maximum atomic E-state index is 13.1. The zero-order chi connectivity index (χ0) is 20.4. The van der Waals surface area contributed by atoms with Crippen LogP contribution in [0.1, 0.15) is 23.0 Å². The Morgan fingerprint density at radius 2 is 1.96 bits per heavy atom. The molecule has 0 aliphatic heterocycles. The highest BCUT2D eigenvalue weighted by Crippen LogP contribution is 2.29. The summed E-state index contributed by atoms with van der Waals surface area (Å²) in [6.07, 6.45) is -1.13. The lowest BCUT2D eigenvalue weighted by molar-refractivity contribution is -0.123. The van der Waals surface area contributed by atoms with Crippen molar-refractivity contribution in [3.63, 3.8) is 0 Å². The van der Waals surface area contributed by atoms with Crippen molar-refractivity contribution in [2.45, 2.75) is 20.0 Å². The van der Waals surface area contributed by atoms with E-state index in [1.165, 1.54) is 13.0 Å². The highest BCUT2D eigenvalue weighted by atomic mass is 35.5. The first kappa shape index (κ1) is 19.7. The highest BCUT2D eigenvalue weighted by molar-refractivity contribution is 6.33. The quantitative estimate of drug-likeness (QED) is 0.621. The summed E-state index contributed by atoms with van der Waals surface area (Å²) in [7, 11) is 1.54. The van der Waals surface area contributed by atoms with Gasteiger partial charge in [-0.2, -0.15) is 0 Å². The van der Waals surface area contributed by atoms with Gasteiger partial charge in [-0.1, -0.05) is 11.6 Å².